The van der Waals surface area contributed by atoms with Gasteiger partial charge in [0.25, 0.3) is 5.89 Å². The average Bonchev–Trinajstić information content (AvgIpc) is 2.92. The molecule has 0 saturated carbocycles. The third kappa shape index (κ3) is 1.34. The lowest BCUT2D eigenvalue weighted by atomic mass is 10.2. The molecular formula is C10H10N4OS. The lowest BCUT2D eigenvalue weighted by Crippen LogP contribution is -1.85. The van der Waals surface area contributed by atoms with E-state index in [1.54, 1.807) is 17.7 Å². The number of thiazole rings is 1. The molecule has 3 rings (SSSR count). The second kappa shape index (κ2) is 3.41. The normalized spacial score (nSPS) is 11.7. The molecule has 0 aliphatic carbocycles. The fourth-order valence-electron chi connectivity index (χ4n) is 1.45. The fourth-order valence-corrected chi connectivity index (χ4v) is 2.28. The van der Waals surface area contributed by atoms with Gasteiger partial charge in [0.05, 0.1) is 6.20 Å². The van der Waals surface area contributed by atoms with Gasteiger partial charge >= 0.3 is 0 Å². The number of rotatable bonds is 2. The predicted molar refractivity (Wildman–Crippen MR) is 60.5 cm³/mol. The lowest BCUT2D eigenvalue weighted by Gasteiger charge is -1.94. The van der Waals surface area contributed by atoms with Gasteiger partial charge in [-0.05, 0) is 0 Å². The molecule has 5 nitrogen and oxygen atoms in total. The highest BCUT2D eigenvalue weighted by Crippen LogP contribution is 2.26. The Morgan fingerprint density at radius 3 is 3.00 bits per heavy atom. The van der Waals surface area contributed by atoms with Crippen molar-refractivity contribution in [3.63, 3.8) is 0 Å². The molecule has 0 aliphatic rings. The monoisotopic (exact) mass is 234 g/mol. The van der Waals surface area contributed by atoms with Gasteiger partial charge in [-0.25, -0.2) is 4.98 Å². The third-order valence-electron chi connectivity index (χ3n) is 2.31. The smallest absolute Gasteiger partial charge is 0.265 e. The van der Waals surface area contributed by atoms with Crippen LogP contribution in [0.2, 0.25) is 0 Å². The van der Waals surface area contributed by atoms with E-state index in [4.69, 9.17) is 4.42 Å². The zero-order chi connectivity index (χ0) is 11.1. The minimum atomic E-state index is 0.248. The summed E-state index contributed by atoms with van der Waals surface area (Å²) in [5, 5.41) is 10.1. The van der Waals surface area contributed by atoms with Crippen molar-refractivity contribution in [2.45, 2.75) is 19.8 Å². The molecule has 0 N–H and O–H groups in total. The number of hydrogen-bond acceptors (Lipinski definition) is 5. The van der Waals surface area contributed by atoms with E-state index in [1.165, 1.54) is 0 Å². The Morgan fingerprint density at radius 1 is 1.38 bits per heavy atom. The van der Waals surface area contributed by atoms with Crippen molar-refractivity contribution in [3.05, 3.63) is 23.8 Å². The molecule has 0 spiro atoms. The van der Waals surface area contributed by atoms with Crippen LogP contribution in [0.15, 0.2) is 22.3 Å². The maximum Gasteiger partial charge on any atom is 0.265 e. The molecule has 0 radical (unpaired) electrons. The Hall–Kier alpha value is -1.69. The third-order valence-corrected chi connectivity index (χ3v) is 3.19. The van der Waals surface area contributed by atoms with Crippen molar-refractivity contribution in [1.29, 1.82) is 0 Å². The minimum absolute atomic E-state index is 0.248. The molecule has 0 atom stereocenters. The molecule has 0 aliphatic heterocycles. The number of hydrogen-bond donors (Lipinski definition) is 0. The van der Waals surface area contributed by atoms with E-state index in [-0.39, 0.29) is 5.92 Å². The highest BCUT2D eigenvalue weighted by Gasteiger charge is 2.14. The lowest BCUT2D eigenvalue weighted by molar-refractivity contribution is 0.479. The summed E-state index contributed by atoms with van der Waals surface area (Å²) < 4.78 is 7.55. The topological polar surface area (TPSA) is 56.2 Å². The van der Waals surface area contributed by atoms with Crippen LogP contribution in [0.25, 0.3) is 16.4 Å². The zero-order valence-corrected chi connectivity index (χ0v) is 9.73. The van der Waals surface area contributed by atoms with E-state index in [9.17, 15) is 0 Å². The molecular weight excluding hydrogens is 224 g/mol. The molecule has 3 aromatic heterocycles. The standard InChI is InChI=1S/C10H10N4OS/c1-6(2)9-12-13-10(15-9)7-4-16-8-3-11-5-14(7)8/h3-6H,1-2H3. The first-order chi connectivity index (χ1) is 7.75. The van der Waals surface area contributed by atoms with Gasteiger partial charge < -0.3 is 4.42 Å². The summed E-state index contributed by atoms with van der Waals surface area (Å²) in [6.07, 6.45) is 3.56. The summed E-state index contributed by atoms with van der Waals surface area (Å²) in [7, 11) is 0. The van der Waals surface area contributed by atoms with Crippen LogP contribution in [0.4, 0.5) is 0 Å². The van der Waals surface area contributed by atoms with Crippen LogP contribution in [0.5, 0.6) is 0 Å². The number of aromatic nitrogens is 4. The second-order valence-corrected chi connectivity index (χ2v) is 4.71. The predicted octanol–water partition coefficient (Wildman–Crippen LogP) is 2.57. The molecule has 0 aromatic carbocycles. The van der Waals surface area contributed by atoms with Crippen LogP contribution in [0.1, 0.15) is 25.7 Å². The van der Waals surface area contributed by atoms with Gasteiger partial charge in [0.1, 0.15) is 16.9 Å². The SMILES string of the molecule is CC(C)c1nnc(-c2csc3cncn23)o1. The van der Waals surface area contributed by atoms with Crippen molar-refractivity contribution < 1.29 is 4.42 Å². The number of imidazole rings is 1. The molecule has 3 aromatic rings. The summed E-state index contributed by atoms with van der Waals surface area (Å²) in [6, 6.07) is 0. The van der Waals surface area contributed by atoms with E-state index in [2.05, 4.69) is 15.2 Å². The van der Waals surface area contributed by atoms with Gasteiger partial charge in [0.2, 0.25) is 5.89 Å². The Morgan fingerprint density at radius 2 is 2.25 bits per heavy atom. The van der Waals surface area contributed by atoms with Gasteiger partial charge in [-0.15, -0.1) is 21.5 Å². The van der Waals surface area contributed by atoms with Crippen LogP contribution >= 0.6 is 11.3 Å². The molecule has 0 saturated heterocycles. The molecule has 0 amide bonds. The largest absolute Gasteiger partial charge is 0.419 e. The Bertz CT molecular complexity index is 621. The Balaban J connectivity index is 2.12. The zero-order valence-electron chi connectivity index (χ0n) is 8.91. The van der Waals surface area contributed by atoms with E-state index >= 15 is 0 Å². The van der Waals surface area contributed by atoms with Crippen molar-refractivity contribution in [2.24, 2.45) is 0 Å². The maximum atomic E-state index is 5.60. The molecule has 16 heavy (non-hydrogen) atoms. The summed E-state index contributed by atoms with van der Waals surface area (Å²) in [5.74, 6) is 1.46. The quantitative estimate of drug-likeness (QED) is 0.683. The Kier molecular flexibility index (Phi) is 2.03. The highest BCUT2D eigenvalue weighted by molar-refractivity contribution is 7.15. The second-order valence-electron chi connectivity index (χ2n) is 3.82. The van der Waals surface area contributed by atoms with E-state index in [0.717, 1.165) is 10.5 Å². The number of fused-ring (bicyclic) bond motifs is 1. The van der Waals surface area contributed by atoms with Gasteiger partial charge in [-0.1, -0.05) is 13.8 Å². The van der Waals surface area contributed by atoms with E-state index in [1.807, 2.05) is 29.8 Å². The first kappa shape index (κ1) is 9.53. The van der Waals surface area contributed by atoms with Crippen LogP contribution in [-0.4, -0.2) is 19.6 Å². The average molecular weight is 234 g/mol. The Labute approximate surface area is 95.8 Å². The summed E-state index contributed by atoms with van der Waals surface area (Å²) in [6.45, 7) is 4.05. The summed E-state index contributed by atoms with van der Waals surface area (Å²) >= 11 is 1.61. The first-order valence-corrected chi connectivity index (χ1v) is 5.87. The summed E-state index contributed by atoms with van der Waals surface area (Å²) in [5.41, 5.74) is 0.900. The van der Waals surface area contributed by atoms with Crippen molar-refractivity contribution in [2.75, 3.05) is 0 Å². The highest BCUT2D eigenvalue weighted by atomic mass is 32.1. The molecule has 0 bridgehead atoms. The van der Waals surface area contributed by atoms with Gasteiger partial charge in [0.15, 0.2) is 0 Å². The van der Waals surface area contributed by atoms with Crippen LogP contribution < -0.4 is 0 Å². The number of nitrogens with zero attached hydrogens (tertiary/aromatic N) is 4. The minimum Gasteiger partial charge on any atom is -0.419 e. The van der Waals surface area contributed by atoms with Gasteiger partial charge in [-0.3, -0.25) is 4.40 Å². The maximum absolute atomic E-state index is 5.60. The fraction of sp³-hybridized carbons (Fsp3) is 0.300. The summed E-state index contributed by atoms with van der Waals surface area (Å²) in [4.78, 5) is 5.14. The van der Waals surface area contributed by atoms with Gasteiger partial charge in [-0.2, -0.15) is 0 Å². The van der Waals surface area contributed by atoms with Crippen LogP contribution in [-0.2, 0) is 0 Å². The molecule has 6 heteroatoms. The molecule has 0 fully saturated rings. The van der Waals surface area contributed by atoms with Crippen molar-refractivity contribution >= 4 is 16.2 Å². The van der Waals surface area contributed by atoms with E-state index in [0.29, 0.717) is 11.8 Å². The van der Waals surface area contributed by atoms with Crippen LogP contribution in [0.3, 0.4) is 0 Å². The van der Waals surface area contributed by atoms with Crippen LogP contribution in [0, 0.1) is 0 Å². The van der Waals surface area contributed by atoms with Crippen molar-refractivity contribution in [3.8, 4) is 11.6 Å². The molecule has 0 unspecified atom stereocenters. The molecule has 82 valence electrons. The molecule has 3 heterocycles. The van der Waals surface area contributed by atoms with Crippen molar-refractivity contribution in [1.82, 2.24) is 19.6 Å². The first-order valence-electron chi connectivity index (χ1n) is 4.99. The van der Waals surface area contributed by atoms with E-state index < -0.39 is 0 Å². The van der Waals surface area contributed by atoms with Gasteiger partial charge in [0, 0.05) is 11.3 Å².